The molecule has 122 valence electrons. The normalized spacial score (nSPS) is 20.7. The van der Waals surface area contributed by atoms with E-state index in [2.05, 4.69) is 30.3 Å². The van der Waals surface area contributed by atoms with Crippen molar-refractivity contribution >= 4 is 11.7 Å². The minimum absolute atomic E-state index is 0.104. The van der Waals surface area contributed by atoms with Crippen molar-refractivity contribution in [2.45, 2.75) is 18.6 Å². The third kappa shape index (κ3) is 3.29. The number of carbonyl (C=O) groups excluding carboxylic acids is 1. The molecule has 0 saturated carbocycles. The lowest BCUT2D eigenvalue weighted by Crippen LogP contribution is -2.41. The Morgan fingerprint density at radius 2 is 2.30 bits per heavy atom. The van der Waals surface area contributed by atoms with Gasteiger partial charge >= 0.3 is 0 Å². The molecule has 1 N–H and O–H groups in total. The van der Waals surface area contributed by atoms with Gasteiger partial charge in [0.15, 0.2) is 0 Å². The molecule has 0 bridgehead atoms. The Balaban J connectivity index is 1.67. The molecule has 0 aromatic carbocycles. The van der Waals surface area contributed by atoms with Crippen molar-refractivity contribution in [1.82, 2.24) is 30.0 Å². The van der Waals surface area contributed by atoms with Gasteiger partial charge in [-0.25, -0.2) is 19.6 Å². The molecule has 9 nitrogen and oxygen atoms in total. The summed E-state index contributed by atoms with van der Waals surface area (Å²) in [5.41, 5.74) is 0. The number of amides is 1. The third-order valence-corrected chi connectivity index (χ3v) is 3.98. The second kappa shape index (κ2) is 6.69. The molecular weight excluding hydrogens is 298 g/mol. The smallest absolute Gasteiger partial charge is 0.288 e. The fourth-order valence-corrected chi connectivity index (χ4v) is 2.76. The van der Waals surface area contributed by atoms with Crippen molar-refractivity contribution in [3.8, 4) is 0 Å². The minimum Gasteiger partial charge on any atom is -0.380 e. The first kappa shape index (κ1) is 15.3. The molecule has 0 aliphatic carbocycles. The van der Waals surface area contributed by atoms with E-state index in [0.717, 1.165) is 18.8 Å². The first-order chi connectivity index (χ1) is 11.2. The Labute approximate surface area is 133 Å². The molecule has 9 heteroatoms. The van der Waals surface area contributed by atoms with Gasteiger partial charge in [-0.1, -0.05) is 0 Å². The van der Waals surface area contributed by atoms with Gasteiger partial charge in [-0.2, -0.15) is 5.10 Å². The molecule has 2 aromatic heterocycles. The standard InChI is InChI=1S/C14H19N7O2/c1-20-13(18-9-19-20)14(22)16-6-10-5-11(23-2)7-21(10)12-3-4-15-8-17-12/h3-4,8-11H,5-7H2,1-2H3,(H,16,22)/t10-,11-/m1/s1. The number of aryl methyl sites for hydroxylation is 1. The van der Waals surface area contributed by atoms with Crippen LogP contribution < -0.4 is 10.2 Å². The summed E-state index contributed by atoms with van der Waals surface area (Å²) in [6.07, 6.45) is 5.52. The van der Waals surface area contributed by atoms with E-state index < -0.39 is 0 Å². The lowest BCUT2D eigenvalue weighted by molar-refractivity contribution is 0.0932. The van der Waals surface area contributed by atoms with E-state index in [-0.39, 0.29) is 18.1 Å². The number of hydrogen-bond acceptors (Lipinski definition) is 7. The van der Waals surface area contributed by atoms with Gasteiger partial charge in [0.1, 0.15) is 18.5 Å². The molecule has 0 radical (unpaired) electrons. The summed E-state index contributed by atoms with van der Waals surface area (Å²) in [6, 6.07) is 1.96. The van der Waals surface area contributed by atoms with Crippen LogP contribution in [0.15, 0.2) is 24.9 Å². The van der Waals surface area contributed by atoms with Gasteiger partial charge in [-0.15, -0.1) is 0 Å². The highest BCUT2D eigenvalue weighted by atomic mass is 16.5. The van der Waals surface area contributed by atoms with E-state index in [1.807, 2.05) is 6.07 Å². The first-order valence-electron chi connectivity index (χ1n) is 7.36. The van der Waals surface area contributed by atoms with Crippen molar-refractivity contribution in [2.24, 2.45) is 7.05 Å². The van der Waals surface area contributed by atoms with Crippen LogP contribution in [0.1, 0.15) is 17.0 Å². The number of nitrogens with zero attached hydrogens (tertiary/aromatic N) is 6. The molecule has 1 aliphatic rings. The quantitative estimate of drug-likeness (QED) is 0.803. The molecule has 2 atom stereocenters. The van der Waals surface area contributed by atoms with Crippen LogP contribution in [0, 0.1) is 0 Å². The molecule has 0 unspecified atom stereocenters. The maximum absolute atomic E-state index is 12.2. The monoisotopic (exact) mass is 317 g/mol. The van der Waals surface area contributed by atoms with Gasteiger partial charge in [-0.05, 0) is 12.5 Å². The molecule has 1 saturated heterocycles. The summed E-state index contributed by atoms with van der Waals surface area (Å²) in [7, 11) is 3.38. The van der Waals surface area contributed by atoms with Crippen LogP contribution in [0.4, 0.5) is 5.82 Å². The van der Waals surface area contributed by atoms with Gasteiger partial charge in [0, 0.05) is 33.4 Å². The zero-order valence-corrected chi connectivity index (χ0v) is 13.1. The van der Waals surface area contributed by atoms with E-state index in [4.69, 9.17) is 4.74 Å². The number of methoxy groups -OCH3 is 1. The van der Waals surface area contributed by atoms with Crippen LogP contribution in [0.2, 0.25) is 0 Å². The first-order valence-corrected chi connectivity index (χ1v) is 7.36. The largest absolute Gasteiger partial charge is 0.380 e. The summed E-state index contributed by atoms with van der Waals surface area (Å²) in [6.45, 7) is 1.22. The number of ether oxygens (including phenoxy) is 1. The second-order valence-electron chi connectivity index (χ2n) is 5.38. The number of aromatic nitrogens is 5. The van der Waals surface area contributed by atoms with Crippen LogP contribution in [-0.2, 0) is 11.8 Å². The van der Waals surface area contributed by atoms with Gasteiger partial charge in [0.05, 0.1) is 12.1 Å². The zero-order valence-electron chi connectivity index (χ0n) is 13.1. The molecule has 0 spiro atoms. The van der Waals surface area contributed by atoms with E-state index in [9.17, 15) is 4.79 Å². The Kier molecular flexibility index (Phi) is 4.47. The maximum Gasteiger partial charge on any atom is 0.288 e. The molecule has 3 heterocycles. The highest BCUT2D eigenvalue weighted by Crippen LogP contribution is 2.24. The van der Waals surface area contributed by atoms with Crippen molar-refractivity contribution in [2.75, 3.05) is 25.1 Å². The van der Waals surface area contributed by atoms with Gasteiger partial charge in [0.2, 0.25) is 5.82 Å². The molecular formula is C14H19N7O2. The number of rotatable bonds is 5. The highest BCUT2D eigenvalue weighted by Gasteiger charge is 2.33. The molecule has 1 aliphatic heterocycles. The average molecular weight is 317 g/mol. The third-order valence-electron chi connectivity index (χ3n) is 3.98. The Morgan fingerprint density at radius 3 is 2.96 bits per heavy atom. The highest BCUT2D eigenvalue weighted by molar-refractivity contribution is 5.90. The number of hydrogen-bond donors (Lipinski definition) is 1. The predicted octanol–water partition coefficient (Wildman–Crippen LogP) is -0.371. The van der Waals surface area contributed by atoms with Crippen LogP contribution in [0.25, 0.3) is 0 Å². The van der Waals surface area contributed by atoms with E-state index in [1.165, 1.54) is 17.3 Å². The maximum atomic E-state index is 12.2. The molecule has 1 fully saturated rings. The lowest BCUT2D eigenvalue weighted by Gasteiger charge is -2.25. The van der Waals surface area contributed by atoms with Crippen molar-refractivity contribution in [3.05, 3.63) is 30.7 Å². The Bertz CT molecular complexity index is 660. The van der Waals surface area contributed by atoms with Crippen LogP contribution >= 0.6 is 0 Å². The summed E-state index contributed by atoms with van der Waals surface area (Å²) in [5, 5.41) is 6.81. The summed E-state index contributed by atoms with van der Waals surface area (Å²) < 4.78 is 6.92. The average Bonchev–Trinajstić information content (AvgIpc) is 3.19. The van der Waals surface area contributed by atoms with Gasteiger partial charge in [0.25, 0.3) is 5.91 Å². The zero-order chi connectivity index (χ0) is 16.2. The van der Waals surface area contributed by atoms with E-state index in [0.29, 0.717) is 12.4 Å². The number of carbonyl (C=O) groups is 1. The lowest BCUT2D eigenvalue weighted by atomic mass is 10.2. The predicted molar refractivity (Wildman–Crippen MR) is 81.9 cm³/mol. The SMILES string of the molecule is CO[C@@H]1C[C@H](CNC(=O)c2ncnn2C)N(c2ccncn2)C1. The fraction of sp³-hybridized carbons (Fsp3) is 0.500. The number of nitrogens with one attached hydrogen (secondary N) is 1. The fourth-order valence-electron chi connectivity index (χ4n) is 2.76. The van der Waals surface area contributed by atoms with Crippen molar-refractivity contribution in [1.29, 1.82) is 0 Å². The topological polar surface area (TPSA) is 98.1 Å². The molecule has 3 rings (SSSR count). The Hall–Kier alpha value is -2.55. The summed E-state index contributed by atoms with van der Waals surface area (Å²) >= 11 is 0. The molecule has 1 amide bonds. The molecule has 2 aromatic rings. The van der Waals surface area contributed by atoms with Crippen LogP contribution in [0.3, 0.4) is 0 Å². The summed E-state index contributed by atoms with van der Waals surface area (Å²) in [4.78, 5) is 26.5. The number of anilines is 1. The van der Waals surface area contributed by atoms with Crippen molar-refractivity contribution in [3.63, 3.8) is 0 Å². The van der Waals surface area contributed by atoms with E-state index in [1.54, 1.807) is 20.4 Å². The second-order valence-corrected chi connectivity index (χ2v) is 5.38. The van der Waals surface area contributed by atoms with Crippen molar-refractivity contribution < 1.29 is 9.53 Å². The van der Waals surface area contributed by atoms with Gasteiger partial charge < -0.3 is 15.0 Å². The van der Waals surface area contributed by atoms with Crippen LogP contribution in [-0.4, -0.2) is 63.0 Å². The molecule has 23 heavy (non-hydrogen) atoms. The minimum atomic E-state index is -0.242. The van der Waals surface area contributed by atoms with Crippen LogP contribution in [0.5, 0.6) is 0 Å². The van der Waals surface area contributed by atoms with E-state index >= 15 is 0 Å². The summed E-state index contributed by atoms with van der Waals surface area (Å²) in [5.74, 6) is 0.880. The Morgan fingerprint density at radius 1 is 1.43 bits per heavy atom. The van der Waals surface area contributed by atoms with Gasteiger partial charge in [-0.3, -0.25) is 4.79 Å².